The fourth-order valence-corrected chi connectivity index (χ4v) is 3.12. The Morgan fingerprint density at radius 1 is 1.26 bits per heavy atom. The van der Waals surface area contributed by atoms with Gasteiger partial charge in [0.15, 0.2) is 5.78 Å². The first kappa shape index (κ1) is 17.4. The van der Waals surface area contributed by atoms with E-state index in [1.807, 2.05) is 43.3 Å². The summed E-state index contributed by atoms with van der Waals surface area (Å²) in [6, 6.07) is 12.7. The van der Waals surface area contributed by atoms with Crippen LogP contribution in [0.2, 0.25) is 5.02 Å². The SMILES string of the molecule is CC(=O)C(Cc1ccc(N)cc1)NC(=S)c1c(C)cccc1Cl. The average molecular weight is 347 g/mol. The van der Waals surface area contributed by atoms with Crippen LogP contribution in [0.1, 0.15) is 23.6 Å². The second kappa shape index (κ2) is 7.57. The normalized spacial score (nSPS) is 11.8. The maximum absolute atomic E-state index is 12.0. The first-order valence-corrected chi connectivity index (χ1v) is 8.08. The van der Waals surface area contributed by atoms with E-state index < -0.39 is 6.04 Å². The highest BCUT2D eigenvalue weighted by atomic mass is 35.5. The van der Waals surface area contributed by atoms with E-state index in [-0.39, 0.29) is 5.78 Å². The predicted octanol–water partition coefficient (Wildman–Crippen LogP) is 3.70. The Morgan fingerprint density at radius 2 is 1.91 bits per heavy atom. The van der Waals surface area contributed by atoms with Gasteiger partial charge in [0.2, 0.25) is 0 Å². The molecule has 0 aliphatic rings. The van der Waals surface area contributed by atoms with Crippen LogP contribution < -0.4 is 11.1 Å². The minimum Gasteiger partial charge on any atom is -0.399 e. The number of hydrogen-bond acceptors (Lipinski definition) is 3. The smallest absolute Gasteiger partial charge is 0.152 e. The molecule has 0 amide bonds. The molecular formula is C18H19ClN2OS. The zero-order valence-electron chi connectivity index (χ0n) is 13.1. The van der Waals surface area contributed by atoms with Gasteiger partial charge in [-0.3, -0.25) is 4.79 Å². The van der Waals surface area contributed by atoms with Gasteiger partial charge in [0.05, 0.1) is 11.1 Å². The molecule has 23 heavy (non-hydrogen) atoms. The maximum Gasteiger partial charge on any atom is 0.152 e. The first-order chi connectivity index (χ1) is 10.9. The van der Waals surface area contributed by atoms with Crippen LogP contribution in [0.3, 0.4) is 0 Å². The zero-order valence-corrected chi connectivity index (χ0v) is 14.7. The molecule has 0 heterocycles. The van der Waals surface area contributed by atoms with Crippen LogP contribution in [0.25, 0.3) is 0 Å². The Kier molecular flexibility index (Phi) is 5.74. The van der Waals surface area contributed by atoms with E-state index in [4.69, 9.17) is 29.6 Å². The van der Waals surface area contributed by atoms with Gasteiger partial charge < -0.3 is 11.1 Å². The molecule has 0 saturated carbocycles. The molecule has 2 rings (SSSR count). The van der Waals surface area contributed by atoms with Crippen LogP contribution in [-0.2, 0) is 11.2 Å². The van der Waals surface area contributed by atoms with Crippen LogP contribution in [0.5, 0.6) is 0 Å². The van der Waals surface area contributed by atoms with Crippen molar-refractivity contribution in [2.75, 3.05) is 5.73 Å². The summed E-state index contributed by atoms with van der Waals surface area (Å²) in [7, 11) is 0. The molecule has 0 aliphatic carbocycles. The van der Waals surface area contributed by atoms with Crippen LogP contribution in [-0.4, -0.2) is 16.8 Å². The van der Waals surface area contributed by atoms with Crippen molar-refractivity contribution in [3.63, 3.8) is 0 Å². The molecule has 1 atom stereocenters. The number of Topliss-reactive ketones (excluding diaryl/α,β-unsaturated/α-hetero) is 1. The molecule has 3 nitrogen and oxygen atoms in total. The van der Waals surface area contributed by atoms with Gasteiger partial charge in [0.1, 0.15) is 4.99 Å². The number of halogens is 1. The van der Waals surface area contributed by atoms with Crippen molar-refractivity contribution in [1.82, 2.24) is 5.32 Å². The Hall–Kier alpha value is -1.91. The Bertz CT molecular complexity index is 708. The van der Waals surface area contributed by atoms with Gasteiger partial charge in [-0.2, -0.15) is 0 Å². The molecule has 120 valence electrons. The van der Waals surface area contributed by atoms with Crippen molar-refractivity contribution in [2.45, 2.75) is 26.3 Å². The Morgan fingerprint density at radius 3 is 2.48 bits per heavy atom. The number of thiocarbonyl (C=S) groups is 1. The summed E-state index contributed by atoms with van der Waals surface area (Å²) < 4.78 is 0. The van der Waals surface area contributed by atoms with Crippen LogP contribution in [0, 0.1) is 6.92 Å². The van der Waals surface area contributed by atoms with E-state index in [1.165, 1.54) is 0 Å². The fraction of sp³-hybridized carbons (Fsp3) is 0.222. The lowest BCUT2D eigenvalue weighted by Crippen LogP contribution is -2.41. The molecule has 0 aliphatic heterocycles. The summed E-state index contributed by atoms with van der Waals surface area (Å²) in [5.74, 6) is 0.0221. The van der Waals surface area contributed by atoms with E-state index in [2.05, 4.69) is 5.32 Å². The van der Waals surface area contributed by atoms with Gasteiger partial charge in [-0.15, -0.1) is 0 Å². The third-order valence-corrected chi connectivity index (χ3v) is 4.30. The van der Waals surface area contributed by atoms with Crippen LogP contribution in [0.4, 0.5) is 5.69 Å². The molecule has 0 radical (unpaired) electrons. The minimum atomic E-state index is -0.401. The molecule has 3 N–H and O–H groups in total. The third-order valence-electron chi connectivity index (χ3n) is 3.66. The lowest BCUT2D eigenvalue weighted by atomic mass is 10.0. The lowest BCUT2D eigenvalue weighted by molar-refractivity contribution is -0.118. The number of hydrogen-bond donors (Lipinski definition) is 2. The van der Waals surface area contributed by atoms with Gasteiger partial charge in [-0.05, 0) is 49.6 Å². The molecule has 0 bridgehead atoms. The van der Waals surface area contributed by atoms with Gasteiger partial charge in [-0.1, -0.05) is 48.1 Å². The number of nitrogen functional groups attached to an aromatic ring is 1. The number of rotatable bonds is 5. The fourth-order valence-electron chi connectivity index (χ4n) is 2.34. The standard InChI is InChI=1S/C18H19ClN2OS/c1-11-4-3-5-15(19)17(11)18(23)21-16(12(2)22)10-13-6-8-14(20)9-7-13/h3-9,16H,10,20H2,1-2H3,(H,21,23). The Labute approximate surface area is 146 Å². The molecular weight excluding hydrogens is 328 g/mol. The molecule has 0 fully saturated rings. The van der Waals surface area contributed by atoms with Crippen molar-refractivity contribution in [3.05, 3.63) is 64.2 Å². The predicted molar refractivity (Wildman–Crippen MR) is 100 cm³/mol. The van der Waals surface area contributed by atoms with Crippen LogP contribution in [0.15, 0.2) is 42.5 Å². The van der Waals surface area contributed by atoms with Crippen molar-refractivity contribution in [3.8, 4) is 0 Å². The molecule has 0 saturated heterocycles. The number of anilines is 1. The molecule has 2 aromatic rings. The second-order valence-corrected chi connectivity index (χ2v) is 6.33. The van der Waals surface area contributed by atoms with E-state index in [0.717, 1.165) is 16.7 Å². The summed E-state index contributed by atoms with van der Waals surface area (Å²) >= 11 is 11.7. The average Bonchev–Trinajstić information content (AvgIpc) is 2.48. The van der Waals surface area contributed by atoms with Crippen molar-refractivity contribution in [2.24, 2.45) is 0 Å². The van der Waals surface area contributed by atoms with E-state index in [0.29, 0.717) is 22.1 Å². The summed E-state index contributed by atoms with van der Waals surface area (Å²) in [4.78, 5) is 12.5. The highest BCUT2D eigenvalue weighted by Crippen LogP contribution is 2.20. The minimum absolute atomic E-state index is 0.0221. The first-order valence-electron chi connectivity index (χ1n) is 7.29. The number of ketones is 1. The molecule has 5 heteroatoms. The zero-order chi connectivity index (χ0) is 17.0. The molecule has 1 unspecified atom stereocenters. The number of aryl methyl sites for hydroxylation is 1. The number of nitrogens with two attached hydrogens (primary N) is 1. The van der Waals surface area contributed by atoms with E-state index >= 15 is 0 Å². The number of carbonyl (C=O) groups excluding carboxylic acids is 1. The van der Waals surface area contributed by atoms with Gasteiger partial charge in [-0.25, -0.2) is 0 Å². The monoisotopic (exact) mass is 346 g/mol. The molecule has 0 spiro atoms. The maximum atomic E-state index is 12.0. The van der Waals surface area contributed by atoms with Crippen molar-refractivity contribution in [1.29, 1.82) is 0 Å². The van der Waals surface area contributed by atoms with E-state index in [9.17, 15) is 4.79 Å². The van der Waals surface area contributed by atoms with Gasteiger partial charge >= 0.3 is 0 Å². The Balaban J connectivity index is 2.18. The van der Waals surface area contributed by atoms with Crippen molar-refractivity contribution >= 4 is 40.3 Å². The van der Waals surface area contributed by atoms with Gasteiger partial charge in [0, 0.05) is 11.3 Å². The van der Waals surface area contributed by atoms with Gasteiger partial charge in [0.25, 0.3) is 0 Å². The largest absolute Gasteiger partial charge is 0.399 e. The summed E-state index contributed by atoms with van der Waals surface area (Å²) in [5, 5.41) is 3.72. The highest BCUT2D eigenvalue weighted by Gasteiger charge is 2.18. The quantitative estimate of drug-likeness (QED) is 0.640. The number of carbonyl (C=O) groups is 1. The summed E-state index contributed by atoms with van der Waals surface area (Å²) in [6.07, 6.45) is 0.541. The lowest BCUT2D eigenvalue weighted by Gasteiger charge is -2.19. The summed E-state index contributed by atoms with van der Waals surface area (Å²) in [6.45, 7) is 3.50. The third kappa shape index (κ3) is 4.53. The van der Waals surface area contributed by atoms with E-state index in [1.54, 1.807) is 13.0 Å². The topological polar surface area (TPSA) is 55.1 Å². The number of benzene rings is 2. The number of nitrogens with one attached hydrogen (secondary N) is 1. The molecule has 0 aromatic heterocycles. The van der Waals surface area contributed by atoms with Crippen molar-refractivity contribution < 1.29 is 4.79 Å². The van der Waals surface area contributed by atoms with Crippen LogP contribution >= 0.6 is 23.8 Å². The second-order valence-electron chi connectivity index (χ2n) is 5.51. The highest BCUT2D eigenvalue weighted by molar-refractivity contribution is 7.80. The molecule has 2 aromatic carbocycles. The summed E-state index contributed by atoms with van der Waals surface area (Å²) in [5.41, 5.74) is 9.15.